The van der Waals surface area contributed by atoms with E-state index in [2.05, 4.69) is 48.0 Å². The summed E-state index contributed by atoms with van der Waals surface area (Å²) in [5.74, 6) is 1.85. The Labute approximate surface area is 115 Å². The Morgan fingerprint density at radius 3 is 3.00 bits per heavy atom. The quantitative estimate of drug-likeness (QED) is 0.912. The highest BCUT2D eigenvalue weighted by Crippen LogP contribution is 2.30. The van der Waals surface area contributed by atoms with E-state index in [4.69, 9.17) is 4.98 Å². The maximum atomic E-state index is 4.93. The van der Waals surface area contributed by atoms with E-state index in [1.165, 1.54) is 24.2 Å². The van der Waals surface area contributed by atoms with Crippen molar-refractivity contribution < 1.29 is 0 Å². The Balaban J connectivity index is 2.10. The van der Waals surface area contributed by atoms with Gasteiger partial charge in [0.2, 0.25) is 0 Å². The number of aromatic nitrogens is 2. The Morgan fingerprint density at radius 2 is 2.26 bits per heavy atom. The van der Waals surface area contributed by atoms with Gasteiger partial charge in [-0.15, -0.1) is 0 Å². The van der Waals surface area contributed by atoms with Gasteiger partial charge in [-0.05, 0) is 44.9 Å². The molecule has 1 saturated heterocycles. The molecule has 102 valence electrons. The van der Waals surface area contributed by atoms with Gasteiger partial charge in [-0.25, -0.2) is 4.98 Å². The number of nitrogens with zero attached hydrogens (tertiary/aromatic N) is 2. The molecule has 3 rings (SSSR count). The summed E-state index contributed by atoms with van der Waals surface area (Å²) in [6.07, 6.45) is 3.66. The summed E-state index contributed by atoms with van der Waals surface area (Å²) in [6.45, 7) is 6.77. The van der Waals surface area contributed by atoms with Crippen molar-refractivity contribution in [3.05, 3.63) is 30.1 Å². The molecule has 0 radical (unpaired) electrons. The molecule has 19 heavy (non-hydrogen) atoms. The van der Waals surface area contributed by atoms with Crippen LogP contribution in [-0.4, -0.2) is 22.6 Å². The second kappa shape index (κ2) is 5.33. The van der Waals surface area contributed by atoms with Crippen LogP contribution in [0.1, 0.15) is 50.9 Å². The third-order valence-corrected chi connectivity index (χ3v) is 4.32. The molecule has 2 unspecified atom stereocenters. The molecule has 1 N–H and O–H groups in total. The van der Waals surface area contributed by atoms with Crippen LogP contribution in [0.5, 0.6) is 0 Å². The van der Waals surface area contributed by atoms with Crippen LogP contribution in [-0.2, 0) is 0 Å². The molecule has 0 amide bonds. The fourth-order valence-corrected chi connectivity index (χ4v) is 3.07. The van der Waals surface area contributed by atoms with E-state index < -0.39 is 0 Å². The lowest BCUT2D eigenvalue weighted by molar-refractivity contribution is 0.416. The number of hydrogen-bond acceptors (Lipinski definition) is 2. The minimum Gasteiger partial charge on any atom is -0.325 e. The third kappa shape index (κ3) is 2.27. The fourth-order valence-electron chi connectivity index (χ4n) is 3.07. The SMILES string of the molecule is CCC(C)n1c(C2CCCNC2)nc2ccccc21. The summed E-state index contributed by atoms with van der Waals surface area (Å²) in [4.78, 5) is 4.93. The van der Waals surface area contributed by atoms with Crippen LogP contribution in [0.4, 0.5) is 0 Å². The number of para-hydroxylation sites is 2. The Morgan fingerprint density at radius 1 is 1.42 bits per heavy atom. The first kappa shape index (κ1) is 12.7. The van der Waals surface area contributed by atoms with Crippen LogP contribution in [0, 0.1) is 0 Å². The lowest BCUT2D eigenvalue weighted by Gasteiger charge is -2.25. The summed E-state index contributed by atoms with van der Waals surface area (Å²) in [5, 5.41) is 3.51. The van der Waals surface area contributed by atoms with Crippen molar-refractivity contribution in [1.82, 2.24) is 14.9 Å². The van der Waals surface area contributed by atoms with Crippen molar-refractivity contribution >= 4 is 11.0 Å². The van der Waals surface area contributed by atoms with E-state index in [0.29, 0.717) is 12.0 Å². The van der Waals surface area contributed by atoms with Gasteiger partial charge in [-0.3, -0.25) is 0 Å². The van der Waals surface area contributed by atoms with E-state index in [1.54, 1.807) is 0 Å². The van der Waals surface area contributed by atoms with Crippen molar-refractivity contribution in [1.29, 1.82) is 0 Å². The van der Waals surface area contributed by atoms with Crippen LogP contribution in [0.25, 0.3) is 11.0 Å². The third-order valence-electron chi connectivity index (χ3n) is 4.32. The van der Waals surface area contributed by atoms with E-state index in [9.17, 15) is 0 Å². The number of hydrogen-bond donors (Lipinski definition) is 1. The van der Waals surface area contributed by atoms with Gasteiger partial charge in [0.05, 0.1) is 11.0 Å². The molecule has 3 heteroatoms. The molecule has 0 aliphatic carbocycles. The second-order valence-corrected chi connectivity index (χ2v) is 5.63. The van der Waals surface area contributed by atoms with Gasteiger partial charge in [-0.1, -0.05) is 19.1 Å². The van der Waals surface area contributed by atoms with Crippen molar-refractivity contribution in [3.8, 4) is 0 Å². The van der Waals surface area contributed by atoms with Crippen molar-refractivity contribution in [2.45, 2.75) is 45.1 Å². The fraction of sp³-hybridized carbons (Fsp3) is 0.562. The monoisotopic (exact) mass is 257 g/mol. The zero-order chi connectivity index (χ0) is 13.2. The highest BCUT2D eigenvalue weighted by atomic mass is 15.1. The molecule has 0 spiro atoms. The van der Waals surface area contributed by atoms with Gasteiger partial charge in [0.25, 0.3) is 0 Å². The molecule has 1 aliphatic heterocycles. The highest BCUT2D eigenvalue weighted by Gasteiger charge is 2.23. The predicted molar refractivity (Wildman–Crippen MR) is 79.6 cm³/mol. The predicted octanol–water partition coefficient (Wildman–Crippen LogP) is 3.47. The first-order chi connectivity index (χ1) is 9.31. The Kier molecular flexibility index (Phi) is 3.56. The molecule has 0 saturated carbocycles. The molecule has 1 fully saturated rings. The summed E-state index contributed by atoms with van der Waals surface area (Å²) >= 11 is 0. The standard InChI is InChI=1S/C16H23N3/c1-3-12(2)19-15-9-5-4-8-14(15)18-16(19)13-7-6-10-17-11-13/h4-5,8-9,12-13,17H,3,6-7,10-11H2,1-2H3. The normalized spacial score (nSPS) is 21.7. The van der Waals surface area contributed by atoms with E-state index >= 15 is 0 Å². The van der Waals surface area contributed by atoms with Crippen LogP contribution in [0.3, 0.4) is 0 Å². The maximum absolute atomic E-state index is 4.93. The average molecular weight is 257 g/mol. The summed E-state index contributed by atoms with van der Waals surface area (Å²) in [6, 6.07) is 9.05. The Hall–Kier alpha value is -1.35. The van der Waals surface area contributed by atoms with E-state index in [1.807, 2.05) is 0 Å². The molecule has 2 aromatic rings. The van der Waals surface area contributed by atoms with Crippen molar-refractivity contribution in [3.63, 3.8) is 0 Å². The largest absolute Gasteiger partial charge is 0.325 e. The van der Waals surface area contributed by atoms with Gasteiger partial charge in [0.1, 0.15) is 5.82 Å². The molecule has 1 aliphatic rings. The lowest BCUT2D eigenvalue weighted by Crippen LogP contribution is -2.30. The second-order valence-electron chi connectivity index (χ2n) is 5.63. The smallest absolute Gasteiger partial charge is 0.114 e. The minimum atomic E-state index is 0.518. The first-order valence-electron chi connectivity index (χ1n) is 7.48. The van der Waals surface area contributed by atoms with Gasteiger partial charge < -0.3 is 9.88 Å². The van der Waals surface area contributed by atoms with E-state index in [-0.39, 0.29) is 0 Å². The van der Waals surface area contributed by atoms with Crippen LogP contribution in [0.15, 0.2) is 24.3 Å². The summed E-state index contributed by atoms with van der Waals surface area (Å²) in [7, 11) is 0. The molecular weight excluding hydrogens is 234 g/mol. The average Bonchev–Trinajstić information content (AvgIpc) is 2.87. The Bertz CT molecular complexity index is 552. The van der Waals surface area contributed by atoms with Crippen molar-refractivity contribution in [2.24, 2.45) is 0 Å². The van der Waals surface area contributed by atoms with Crippen molar-refractivity contribution in [2.75, 3.05) is 13.1 Å². The maximum Gasteiger partial charge on any atom is 0.114 e. The summed E-state index contributed by atoms with van der Waals surface area (Å²) < 4.78 is 2.47. The lowest BCUT2D eigenvalue weighted by atomic mass is 9.98. The number of nitrogens with one attached hydrogen (secondary N) is 1. The topological polar surface area (TPSA) is 29.9 Å². The molecule has 1 aromatic heterocycles. The zero-order valence-corrected chi connectivity index (χ0v) is 11.9. The van der Waals surface area contributed by atoms with Gasteiger partial charge in [-0.2, -0.15) is 0 Å². The molecule has 2 heterocycles. The van der Waals surface area contributed by atoms with Crippen LogP contribution >= 0.6 is 0 Å². The number of rotatable bonds is 3. The molecule has 1 aromatic carbocycles. The highest BCUT2D eigenvalue weighted by molar-refractivity contribution is 5.76. The van der Waals surface area contributed by atoms with E-state index in [0.717, 1.165) is 25.0 Å². The number of benzene rings is 1. The first-order valence-corrected chi connectivity index (χ1v) is 7.48. The van der Waals surface area contributed by atoms with Gasteiger partial charge >= 0.3 is 0 Å². The minimum absolute atomic E-state index is 0.518. The van der Waals surface area contributed by atoms with Gasteiger partial charge in [0, 0.05) is 18.5 Å². The molecule has 2 atom stereocenters. The number of fused-ring (bicyclic) bond motifs is 1. The molecular formula is C16H23N3. The van der Waals surface area contributed by atoms with Crippen LogP contribution in [0.2, 0.25) is 0 Å². The van der Waals surface area contributed by atoms with Crippen LogP contribution < -0.4 is 5.32 Å². The summed E-state index contributed by atoms with van der Waals surface area (Å²) in [5.41, 5.74) is 2.43. The number of imidazole rings is 1. The van der Waals surface area contributed by atoms with Gasteiger partial charge in [0.15, 0.2) is 0 Å². The zero-order valence-electron chi connectivity index (χ0n) is 11.9. The number of piperidine rings is 1. The molecule has 0 bridgehead atoms. The molecule has 3 nitrogen and oxygen atoms in total.